The van der Waals surface area contributed by atoms with Gasteiger partial charge in [0.25, 0.3) is 5.91 Å². The molecule has 5 heteroatoms. The summed E-state index contributed by atoms with van der Waals surface area (Å²) in [6.07, 6.45) is 0.875. The Morgan fingerprint density at radius 3 is 2.79 bits per heavy atom. The van der Waals surface area contributed by atoms with E-state index in [0.717, 1.165) is 18.5 Å². The molecule has 1 saturated heterocycles. The fourth-order valence-electron chi connectivity index (χ4n) is 2.39. The summed E-state index contributed by atoms with van der Waals surface area (Å²) in [6, 6.07) is 9.34. The lowest BCUT2D eigenvalue weighted by molar-refractivity contribution is 0.0790. The molecule has 3 rings (SSSR count). The molecule has 0 radical (unpaired) electrons. The van der Waals surface area contributed by atoms with Gasteiger partial charge in [0.1, 0.15) is 0 Å². The Hall–Kier alpha value is -2.17. The number of aromatic nitrogens is 2. The number of aryl methyl sites for hydroxylation is 1. The third-order valence-corrected chi connectivity index (χ3v) is 3.39. The number of hydrogen-bond donors (Lipinski definition) is 0. The molecule has 0 saturated carbocycles. The maximum atomic E-state index is 12.3. The quantitative estimate of drug-likeness (QED) is 0.825. The zero-order valence-corrected chi connectivity index (χ0v) is 10.7. The van der Waals surface area contributed by atoms with Crippen LogP contribution in [0.4, 0.5) is 0 Å². The van der Waals surface area contributed by atoms with E-state index in [0.29, 0.717) is 18.3 Å². The van der Waals surface area contributed by atoms with Crippen LogP contribution in [0.3, 0.4) is 0 Å². The van der Waals surface area contributed by atoms with Crippen molar-refractivity contribution in [3.63, 3.8) is 0 Å². The van der Waals surface area contributed by atoms with E-state index in [2.05, 4.69) is 10.2 Å². The fraction of sp³-hybridized carbons (Fsp3) is 0.357. The minimum Gasteiger partial charge on any atom is -0.425 e. The van der Waals surface area contributed by atoms with Gasteiger partial charge in [-0.2, -0.15) is 0 Å². The van der Waals surface area contributed by atoms with Gasteiger partial charge in [-0.25, -0.2) is 0 Å². The fourth-order valence-corrected chi connectivity index (χ4v) is 2.39. The topological polar surface area (TPSA) is 59.2 Å². The van der Waals surface area contributed by atoms with E-state index in [1.54, 1.807) is 6.92 Å². The average Bonchev–Trinajstić information content (AvgIpc) is 3.07. The van der Waals surface area contributed by atoms with Gasteiger partial charge in [0.2, 0.25) is 11.8 Å². The van der Waals surface area contributed by atoms with Crippen LogP contribution >= 0.6 is 0 Å². The average molecular weight is 257 g/mol. The van der Waals surface area contributed by atoms with Crippen molar-refractivity contribution >= 4 is 5.91 Å². The second kappa shape index (κ2) is 4.84. The van der Waals surface area contributed by atoms with E-state index < -0.39 is 0 Å². The van der Waals surface area contributed by atoms with Gasteiger partial charge in [0.15, 0.2) is 0 Å². The minimum atomic E-state index is 0.0688. The number of benzene rings is 1. The highest BCUT2D eigenvalue weighted by Gasteiger charge is 2.30. The van der Waals surface area contributed by atoms with Gasteiger partial charge in [0, 0.05) is 25.6 Å². The molecule has 19 heavy (non-hydrogen) atoms. The minimum absolute atomic E-state index is 0.0688. The summed E-state index contributed by atoms with van der Waals surface area (Å²) in [7, 11) is 0. The van der Waals surface area contributed by atoms with Gasteiger partial charge in [0.05, 0.1) is 5.92 Å². The van der Waals surface area contributed by atoms with Crippen LogP contribution in [-0.2, 0) is 0 Å². The van der Waals surface area contributed by atoms with Crippen LogP contribution in [0.25, 0.3) is 0 Å². The number of carbonyl (C=O) groups is 1. The zero-order chi connectivity index (χ0) is 13.2. The van der Waals surface area contributed by atoms with Crippen molar-refractivity contribution in [1.82, 2.24) is 15.1 Å². The summed E-state index contributed by atoms with van der Waals surface area (Å²) < 4.78 is 5.44. The number of rotatable bonds is 2. The first-order chi connectivity index (χ1) is 9.24. The predicted molar refractivity (Wildman–Crippen MR) is 68.7 cm³/mol. The van der Waals surface area contributed by atoms with Crippen LogP contribution in [0, 0.1) is 6.92 Å². The lowest BCUT2D eigenvalue weighted by Crippen LogP contribution is -2.28. The Balaban J connectivity index is 1.71. The van der Waals surface area contributed by atoms with E-state index in [1.807, 2.05) is 35.2 Å². The molecule has 0 bridgehead atoms. The maximum Gasteiger partial charge on any atom is 0.253 e. The molecule has 1 aromatic carbocycles. The summed E-state index contributed by atoms with van der Waals surface area (Å²) in [6.45, 7) is 3.16. The Morgan fingerprint density at radius 1 is 1.32 bits per heavy atom. The van der Waals surface area contributed by atoms with Gasteiger partial charge in [-0.3, -0.25) is 4.79 Å². The summed E-state index contributed by atoms with van der Waals surface area (Å²) in [4.78, 5) is 14.1. The van der Waals surface area contributed by atoms with Gasteiger partial charge < -0.3 is 9.32 Å². The first kappa shape index (κ1) is 11.9. The van der Waals surface area contributed by atoms with Crippen molar-refractivity contribution in [3.05, 3.63) is 47.7 Å². The maximum absolute atomic E-state index is 12.3. The summed E-state index contributed by atoms with van der Waals surface area (Å²) in [5.41, 5.74) is 0.727. The molecule has 1 aromatic heterocycles. The van der Waals surface area contributed by atoms with Crippen molar-refractivity contribution in [2.24, 2.45) is 0 Å². The zero-order valence-electron chi connectivity index (χ0n) is 10.7. The van der Waals surface area contributed by atoms with Gasteiger partial charge >= 0.3 is 0 Å². The highest BCUT2D eigenvalue weighted by atomic mass is 16.4. The highest BCUT2D eigenvalue weighted by molar-refractivity contribution is 5.94. The molecular weight excluding hydrogens is 242 g/mol. The van der Waals surface area contributed by atoms with Gasteiger partial charge in [-0.15, -0.1) is 10.2 Å². The third kappa shape index (κ3) is 2.36. The molecule has 0 aliphatic carbocycles. The Bertz CT molecular complexity index is 579. The standard InChI is InChI=1S/C14H15N3O2/c1-10-15-16-13(19-10)12-7-8-17(9-12)14(18)11-5-3-2-4-6-11/h2-6,12H,7-9H2,1H3/t12-/m0/s1. The second-order valence-electron chi connectivity index (χ2n) is 4.76. The van der Waals surface area contributed by atoms with E-state index in [9.17, 15) is 4.79 Å². The van der Waals surface area contributed by atoms with E-state index in [-0.39, 0.29) is 11.8 Å². The van der Waals surface area contributed by atoms with Crippen molar-refractivity contribution in [3.8, 4) is 0 Å². The molecule has 98 valence electrons. The number of amides is 1. The molecule has 0 unspecified atom stereocenters. The van der Waals surface area contributed by atoms with E-state index >= 15 is 0 Å². The van der Waals surface area contributed by atoms with Crippen LogP contribution in [0.2, 0.25) is 0 Å². The molecule has 2 aromatic rings. The normalized spacial score (nSPS) is 18.8. The summed E-state index contributed by atoms with van der Waals surface area (Å²) >= 11 is 0. The van der Waals surface area contributed by atoms with Crippen LogP contribution in [-0.4, -0.2) is 34.1 Å². The number of carbonyl (C=O) groups excluding carboxylic acids is 1. The van der Waals surface area contributed by atoms with E-state index in [1.165, 1.54) is 0 Å². The van der Waals surface area contributed by atoms with Crippen LogP contribution in [0.15, 0.2) is 34.7 Å². The lowest BCUT2D eigenvalue weighted by Gasteiger charge is -2.15. The first-order valence-electron chi connectivity index (χ1n) is 6.38. The molecule has 1 atom stereocenters. The van der Waals surface area contributed by atoms with E-state index in [4.69, 9.17) is 4.42 Å². The molecule has 0 spiro atoms. The SMILES string of the molecule is Cc1nnc([C@H]2CCN(C(=O)c3ccccc3)C2)o1. The lowest BCUT2D eigenvalue weighted by atomic mass is 10.1. The van der Waals surface area contributed by atoms with Crippen LogP contribution in [0.1, 0.15) is 34.5 Å². The monoisotopic (exact) mass is 257 g/mol. The summed E-state index contributed by atoms with van der Waals surface area (Å²) in [5, 5.41) is 7.88. The summed E-state index contributed by atoms with van der Waals surface area (Å²) in [5.74, 6) is 1.44. The molecule has 1 aliphatic heterocycles. The molecule has 1 aliphatic rings. The Kier molecular flexibility index (Phi) is 3.03. The number of hydrogen-bond acceptors (Lipinski definition) is 4. The molecular formula is C14H15N3O2. The van der Waals surface area contributed by atoms with Crippen LogP contribution < -0.4 is 0 Å². The largest absolute Gasteiger partial charge is 0.425 e. The van der Waals surface area contributed by atoms with Crippen molar-refractivity contribution < 1.29 is 9.21 Å². The molecule has 5 nitrogen and oxygen atoms in total. The first-order valence-corrected chi connectivity index (χ1v) is 6.38. The van der Waals surface area contributed by atoms with Gasteiger partial charge in [-0.05, 0) is 18.6 Å². The van der Waals surface area contributed by atoms with Crippen molar-refractivity contribution in [2.75, 3.05) is 13.1 Å². The van der Waals surface area contributed by atoms with Gasteiger partial charge in [-0.1, -0.05) is 18.2 Å². The Morgan fingerprint density at radius 2 is 2.11 bits per heavy atom. The number of likely N-dealkylation sites (tertiary alicyclic amines) is 1. The second-order valence-corrected chi connectivity index (χ2v) is 4.76. The third-order valence-electron chi connectivity index (χ3n) is 3.39. The smallest absolute Gasteiger partial charge is 0.253 e. The van der Waals surface area contributed by atoms with Crippen LogP contribution in [0.5, 0.6) is 0 Å². The molecule has 0 N–H and O–H groups in total. The Labute approximate surface area is 111 Å². The predicted octanol–water partition coefficient (Wildman–Crippen LogP) is 2.01. The number of nitrogens with zero attached hydrogens (tertiary/aromatic N) is 3. The van der Waals surface area contributed by atoms with Crippen molar-refractivity contribution in [2.45, 2.75) is 19.3 Å². The molecule has 1 amide bonds. The molecule has 2 heterocycles. The molecule has 1 fully saturated rings. The highest BCUT2D eigenvalue weighted by Crippen LogP contribution is 2.27. The van der Waals surface area contributed by atoms with Crippen molar-refractivity contribution in [1.29, 1.82) is 0 Å².